The number of hydrogen-bond donors (Lipinski definition) is 0. The summed E-state index contributed by atoms with van der Waals surface area (Å²) in [6.45, 7) is 0. The minimum Gasteiger partial charge on any atom is -0.236 e. The molecule has 12 heavy (non-hydrogen) atoms. The van der Waals surface area contributed by atoms with Crippen LogP contribution in [0.25, 0.3) is 0 Å². The first-order valence-electron chi connectivity index (χ1n) is 4.48. The molecule has 0 radical (unpaired) electrons. The van der Waals surface area contributed by atoms with Crippen molar-refractivity contribution < 1.29 is 0 Å². The van der Waals surface area contributed by atoms with Crippen molar-refractivity contribution in [1.82, 2.24) is 0 Å². The fraction of sp³-hybridized carbons (Fsp3) is 0.667. The highest BCUT2D eigenvalue weighted by molar-refractivity contribution is 5.88. The van der Waals surface area contributed by atoms with Gasteiger partial charge in [-0.2, -0.15) is 5.11 Å². The van der Waals surface area contributed by atoms with Crippen LogP contribution in [0.2, 0.25) is 0 Å². The first-order valence-corrected chi connectivity index (χ1v) is 4.48. The summed E-state index contributed by atoms with van der Waals surface area (Å²) in [4.78, 5) is 4.44. The molecule has 0 aromatic rings. The Balaban J connectivity index is 2.13. The van der Waals surface area contributed by atoms with Crippen LogP contribution in [0.3, 0.4) is 0 Å². The summed E-state index contributed by atoms with van der Waals surface area (Å²) in [7, 11) is 1.69. The molecule has 0 saturated carbocycles. The van der Waals surface area contributed by atoms with Gasteiger partial charge in [0, 0.05) is 19.2 Å². The summed E-state index contributed by atoms with van der Waals surface area (Å²) in [5, 5.41) is 7.72. The van der Waals surface area contributed by atoms with Crippen molar-refractivity contribution in [3.8, 4) is 0 Å². The Morgan fingerprint density at radius 1 is 1.25 bits per heavy atom. The van der Waals surface area contributed by atoms with Crippen LogP contribution in [-0.4, -0.2) is 12.9 Å². The minimum absolute atomic E-state index is 0.907. The van der Waals surface area contributed by atoms with Gasteiger partial charge in [-0.15, -0.1) is 5.11 Å². The highest BCUT2D eigenvalue weighted by Crippen LogP contribution is 2.32. The molecule has 1 heterocycles. The van der Waals surface area contributed by atoms with E-state index >= 15 is 0 Å². The monoisotopic (exact) mass is 163 g/mol. The van der Waals surface area contributed by atoms with E-state index in [1.807, 2.05) is 0 Å². The van der Waals surface area contributed by atoms with Gasteiger partial charge in [-0.3, -0.25) is 0 Å². The van der Waals surface area contributed by atoms with Gasteiger partial charge in [-0.05, 0) is 31.3 Å². The predicted octanol–water partition coefficient (Wildman–Crippen LogP) is 2.70. The molecule has 1 aliphatic heterocycles. The van der Waals surface area contributed by atoms with Crippen molar-refractivity contribution in [1.29, 1.82) is 0 Å². The Labute approximate surface area is 72.3 Å². The molecule has 3 heteroatoms. The molecule has 0 atom stereocenters. The van der Waals surface area contributed by atoms with Crippen LogP contribution in [0.15, 0.2) is 26.5 Å². The van der Waals surface area contributed by atoms with E-state index in [-0.39, 0.29) is 0 Å². The zero-order chi connectivity index (χ0) is 8.39. The molecule has 3 nitrogen and oxygen atoms in total. The highest BCUT2D eigenvalue weighted by atomic mass is 15.1. The molecule has 0 N–H and O–H groups in total. The van der Waals surface area contributed by atoms with Crippen molar-refractivity contribution in [2.75, 3.05) is 7.05 Å². The van der Waals surface area contributed by atoms with Gasteiger partial charge in [0.2, 0.25) is 0 Å². The quantitative estimate of drug-likeness (QED) is 0.492. The first-order chi connectivity index (χ1) is 5.90. The van der Waals surface area contributed by atoms with Crippen molar-refractivity contribution in [2.24, 2.45) is 15.2 Å². The molecule has 0 fully saturated rings. The number of nitrogens with zero attached hydrogens (tertiary/aromatic N) is 3. The van der Waals surface area contributed by atoms with E-state index in [2.05, 4.69) is 15.2 Å². The maximum Gasteiger partial charge on any atom is 0.154 e. The van der Waals surface area contributed by atoms with Crippen molar-refractivity contribution in [2.45, 2.75) is 32.1 Å². The van der Waals surface area contributed by atoms with Crippen LogP contribution in [0, 0.1) is 0 Å². The average molecular weight is 163 g/mol. The van der Waals surface area contributed by atoms with Gasteiger partial charge in [-0.1, -0.05) is 0 Å². The molecule has 64 valence electrons. The molecule has 0 unspecified atom stereocenters. The zero-order valence-electron chi connectivity index (χ0n) is 7.38. The molecular formula is C9H13N3. The van der Waals surface area contributed by atoms with Crippen molar-refractivity contribution >= 4 is 5.84 Å². The van der Waals surface area contributed by atoms with Crippen LogP contribution in [0.1, 0.15) is 32.1 Å². The zero-order valence-corrected chi connectivity index (χ0v) is 7.38. The summed E-state index contributed by atoms with van der Waals surface area (Å²) in [6, 6.07) is 0. The normalized spacial score (nSPS) is 23.2. The van der Waals surface area contributed by atoms with Crippen LogP contribution in [-0.2, 0) is 0 Å². The van der Waals surface area contributed by atoms with Gasteiger partial charge in [0.05, 0.1) is 0 Å². The Morgan fingerprint density at radius 3 is 2.83 bits per heavy atom. The second-order valence-electron chi connectivity index (χ2n) is 3.26. The van der Waals surface area contributed by atoms with Gasteiger partial charge in [0.25, 0.3) is 0 Å². The lowest BCUT2D eigenvalue weighted by molar-refractivity contribution is 0.670. The predicted molar refractivity (Wildman–Crippen MR) is 48.3 cm³/mol. The van der Waals surface area contributed by atoms with E-state index in [1.54, 1.807) is 7.05 Å². The number of amidine groups is 1. The van der Waals surface area contributed by atoms with Crippen LogP contribution in [0.4, 0.5) is 0 Å². The molecule has 0 aromatic carbocycles. The van der Waals surface area contributed by atoms with Gasteiger partial charge >= 0.3 is 0 Å². The van der Waals surface area contributed by atoms with Crippen LogP contribution >= 0.6 is 0 Å². The Hall–Kier alpha value is -0.990. The molecule has 2 aliphatic rings. The second-order valence-corrected chi connectivity index (χ2v) is 3.26. The number of hydrogen-bond acceptors (Lipinski definition) is 3. The molecule has 0 amide bonds. The van der Waals surface area contributed by atoms with Crippen LogP contribution in [0.5, 0.6) is 0 Å². The maximum atomic E-state index is 4.44. The third-order valence-corrected chi connectivity index (χ3v) is 2.40. The van der Waals surface area contributed by atoms with Gasteiger partial charge < -0.3 is 0 Å². The topological polar surface area (TPSA) is 37.1 Å². The van der Waals surface area contributed by atoms with Gasteiger partial charge in [0.15, 0.2) is 5.84 Å². The summed E-state index contributed by atoms with van der Waals surface area (Å²) in [5.41, 5.74) is 2.80. The van der Waals surface area contributed by atoms with Gasteiger partial charge in [-0.25, -0.2) is 4.99 Å². The fourth-order valence-corrected chi connectivity index (χ4v) is 1.84. The lowest BCUT2D eigenvalue weighted by Crippen LogP contribution is -1.94. The Bertz CT molecular complexity index is 273. The van der Waals surface area contributed by atoms with E-state index in [0.717, 1.165) is 18.7 Å². The standard InChI is InChI=1S/C9H13N3/c1-10-12-9-6-7-4-2-3-5-8(7)11-9/h2-6H2,1H3. The summed E-state index contributed by atoms with van der Waals surface area (Å²) in [5.74, 6) is 0.907. The summed E-state index contributed by atoms with van der Waals surface area (Å²) >= 11 is 0. The fourth-order valence-electron chi connectivity index (χ4n) is 1.84. The van der Waals surface area contributed by atoms with E-state index in [0.29, 0.717) is 0 Å². The molecule has 1 aliphatic carbocycles. The smallest absolute Gasteiger partial charge is 0.154 e. The van der Waals surface area contributed by atoms with Crippen LogP contribution < -0.4 is 0 Å². The molecular weight excluding hydrogens is 150 g/mol. The largest absolute Gasteiger partial charge is 0.236 e. The van der Waals surface area contributed by atoms with Crippen molar-refractivity contribution in [3.63, 3.8) is 0 Å². The number of allylic oxidation sites excluding steroid dienone is 1. The van der Waals surface area contributed by atoms with Gasteiger partial charge in [0.1, 0.15) is 0 Å². The minimum atomic E-state index is 0.907. The van der Waals surface area contributed by atoms with Crippen molar-refractivity contribution in [3.05, 3.63) is 11.3 Å². The highest BCUT2D eigenvalue weighted by Gasteiger charge is 2.19. The number of azo groups is 1. The molecule has 0 bridgehead atoms. The van der Waals surface area contributed by atoms with E-state index in [4.69, 9.17) is 0 Å². The molecule has 0 saturated heterocycles. The van der Waals surface area contributed by atoms with E-state index in [1.165, 1.54) is 30.5 Å². The average Bonchev–Trinajstić information content (AvgIpc) is 2.47. The molecule has 0 aromatic heterocycles. The van der Waals surface area contributed by atoms with E-state index in [9.17, 15) is 0 Å². The Kier molecular flexibility index (Phi) is 2.02. The summed E-state index contributed by atoms with van der Waals surface area (Å²) in [6.07, 6.45) is 5.94. The first kappa shape index (κ1) is 7.65. The third kappa shape index (κ3) is 1.31. The number of aliphatic imine (C=N–C) groups is 1. The molecule has 0 spiro atoms. The van der Waals surface area contributed by atoms with E-state index < -0.39 is 0 Å². The SMILES string of the molecule is CN=NC1=NC2=C(CCCC2)C1. The second kappa shape index (κ2) is 3.17. The third-order valence-electron chi connectivity index (χ3n) is 2.40. The number of rotatable bonds is 0. The Morgan fingerprint density at radius 2 is 2.08 bits per heavy atom. The maximum absolute atomic E-state index is 4.44. The lowest BCUT2D eigenvalue weighted by Gasteiger charge is -2.10. The molecule has 2 rings (SSSR count). The summed E-state index contributed by atoms with van der Waals surface area (Å²) < 4.78 is 0. The lowest BCUT2D eigenvalue weighted by atomic mass is 9.96.